The van der Waals surface area contributed by atoms with E-state index in [1.807, 2.05) is 6.08 Å². The van der Waals surface area contributed by atoms with Gasteiger partial charge in [0.2, 0.25) is 11.5 Å². The van der Waals surface area contributed by atoms with Crippen molar-refractivity contribution in [3.63, 3.8) is 0 Å². The number of nitrogens with one attached hydrogen (secondary N) is 1. The summed E-state index contributed by atoms with van der Waals surface area (Å²) in [7, 11) is 0. The van der Waals surface area contributed by atoms with E-state index in [-0.39, 0.29) is 30.0 Å². The number of nitrogens with zero attached hydrogens (tertiary/aromatic N) is 1. The zero-order chi connectivity index (χ0) is 19.1. The van der Waals surface area contributed by atoms with E-state index in [0.717, 1.165) is 12.8 Å². The first-order valence-corrected chi connectivity index (χ1v) is 9.18. The highest BCUT2D eigenvalue weighted by atomic mass is 19.4. The molecule has 2 saturated heterocycles. The molecular weight excluding hydrogens is 349 g/mol. The highest BCUT2D eigenvalue weighted by Crippen LogP contribution is 2.40. The first kappa shape index (κ1) is 19.2. The van der Waals surface area contributed by atoms with Crippen LogP contribution in [0, 0.1) is 5.92 Å². The minimum atomic E-state index is -5.01. The molecule has 2 fully saturated rings. The van der Waals surface area contributed by atoms with Crippen LogP contribution in [0.4, 0.5) is 13.2 Å². The second-order valence-electron chi connectivity index (χ2n) is 7.83. The van der Waals surface area contributed by atoms with Gasteiger partial charge in [0.15, 0.2) is 0 Å². The van der Waals surface area contributed by atoms with Crippen molar-refractivity contribution in [2.24, 2.45) is 5.92 Å². The molecule has 2 heterocycles. The Balaban J connectivity index is 1.63. The number of hydrogen-bond acceptors (Lipinski definition) is 3. The van der Waals surface area contributed by atoms with Gasteiger partial charge in [-0.05, 0) is 51.9 Å². The molecule has 0 radical (unpaired) electrons. The van der Waals surface area contributed by atoms with Crippen molar-refractivity contribution in [2.75, 3.05) is 0 Å². The van der Waals surface area contributed by atoms with E-state index in [4.69, 9.17) is 0 Å². The number of rotatable bonds is 3. The standard InChI is InChI=1S/C18H25F3N2O3/c1-17(26,18(19,20)21)16(25)23-13-7-8-14(23)10-12(9-13)22-15(24)11-5-3-2-4-6-11/h2-3,11-14,26H,4-10H2,1H3,(H,22,24)/t11-,12?,13?,14?,17?/m0/s1. The van der Waals surface area contributed by atoms with Crippen molar-refractivity contribution in [1.29, 1.82) is 0 Å². The number of carbonyl (C=O) groups is 2. The molecule has 146 valence electrons. The number of hydrogen-bond donors (Lipinski definition) is 2. The summed E-state index contributed by atoms with van der Waals surface area (Å²) in [6.45, 7) is 0.513. The summed E-state index contributed by atoms with van der Waals surface area (Å²) in [6, 6.07) is -0.871. The zero-order valence-electron chi connectivity index (χ0n) is 14.8. The lowest BCUT2D eigenvalue weighted by molar-refractivity contribution is -0.251. The van der Waals surface area contributed by atoms with Gasteiger partial charge in [0.1, 0.15) is 0 Å². The van der Waals surface area contributed by atoms with E-state index in [9.17, 15) is 27.9 Å². The van der Waals surface area contributed by atoms with Gasteiger partial charge in [-0.3, -0.25) is 9.59 Å². The van der Waals surface area contributed by atoms with E-state index in [0.29, 0.717) is 39.0 Å². The zero-order valence-corrected chi connectivity index (χ0v) is 14.8. The van der Waals surface area contributed by atoms with Crippen molar-refractivity contribution < 1.29 is 27.9 Å². The third kappa shape index (κ3) is 3.48. The number of carbonyl (C=O) groups excluding carboxylic acids is 2. The SMILES string of the molecule is CC(O)(C(=O)N1C2CCC1CC(NC(=O)[C@H]1CC=CCC1)C2)C(F)(F)F. The topological polar surface area (TPSA) is 69.6 Å². The van der Waals surface area contributed by atoms with Crippen molar-refractivity contribution in [3.05, 3.63) is 12.2 Å². The summed E-state index contributed by atoms with van der Waals surface area (Å²) in [6.07, 6.45) is 3.51. The largest absolute Gasteiger partial charge is 0.426 e. The summed E-state index contributed by atoms with van der Waals surface area (Å²) in [4.78, 5) is 26.0. The number of aliphatic hydroxyl groups is 1. The Hall–Kier alpha value is -1.57. The molecule has 0 saturated carbocycles. The van der Waals surface area contributed by atoms with E-state index in [1.165, 1.54) is 4.90 Å². The van der Waals surface area contributed by atoms with Gasteiger partial charge in [0, 0.05) is 24.0 Å². The molecule has 3 rings (SSSR count). The fourth-order valence-corrected chi connectivity index (χ4v) is 4.35. The maximum atomic E-state index is 13.0. The van der Waals surface area contributed by atoms with Gasteiger partial charge in [0.05, 0.1) is 0 Å². The average molecular weight is 374 g/mol. The van der Waals surface area contributed by atoms with E-state index < -0.39 is 17.7 Å². The van der Waals surface area contributed by atoms with Crippen LogP contribution >= 0.6 is 0 Å². The Morgan fingerprint density at radius 1 is 1.12 bits per heavy atom. The van der Waals surface area contributed by atoms with Gasteiger partial charge in [-0.25, -0.2) is 0 Å². The van der Waals surface area contributed by atoms with Gasteiger partial charge in [-0.15, -0.1) is 0 Å². The highest BCUT2D eigenvalue weighted by Gasteiger charge is 2.60. The van der Waals surface area contributed by atoms with Crippen LogP contribution in [0.3, 0.4) is 0 Å². The average Bonchev–Trinajstić information content (AvgIpc) is 2.84. The van der Waals surface area contributed by atoms with Crippen LogP contribution in [-0.2, 0) is 9.59 Å². The first-order valence-electron chi connectivity index (χ1n) is 9.18. The quantitative estimate of drug-likeness (QED) is 0.745. The molecule has 0 aromatic heterocycles. The number of alkyl halides is 3. The lowest BCUT2D eigenvalue weighted by Gasteiger charge is -2.42. The summed E-state index contributed by atoms with van der Waals surface area (Å²) in [5, 5.41) is 12.7. The van der Waals surface area contributed by atoms with Crippen molar-refractivity contribution in [3.8, 4) is 0 Å². The van der Waals surface area contributed by atoms with Gasteiger partial charge in [-0.2, -0.15) is 13.2 Å². The molecule has 2 aliphatic heterocycles. The van der Waals surface area contributed by atoms with Crippen LogP contribution in [0.25, 0.3) is 0 Å². The molecular formula is C18H25F3N2O3. The van der Waals surface area contributed by atoms with Crippen LogP contribution in [0.2, 0.25) is 0 Å². The predicted molar refractivity (Wildman–Crippen MR) is 88.0 cm³/mol. The second kappa shape index (κ2) is 6.87. The Bertz CT molecular complexity index is 589. The summed E-state index contributed by atoms with van der Waals surface area (Å²) in [5.74, 6) is -1.34. The van der Waals surface area contributed by atoms with Crippen LogP contribution in [0.15, 0.2) is 12.2 Å². The molecule has 3 unspecified atom stereocenters. The highest BCUT2D eigenvalue weighted by molar-refractivity contribution is 5.86. The first-order chi connectivity index (χ1) is 12.1. The van der Waals surface area contributed by atoms with Crippen molar-refractivity contribution in [2.45, 2.75) is 81.8 Å². The van der Waals surface area contributed by atoms with Gasteiger partial charge < -0.3 is 15.3 Å². The summed E-state index contributed by atoms with van der Waals surface area (Å²) in [5.41, 5.74) is -3.38. The molecule has 26 heavy (non-hydrogen) atoms. The minimum absolute atomic E-state index is 0.0131. The fourth-order valence-electron chi connectivity index (χ4n) is 4.35. The maximum absolute atomic E-state index is 13.0. The number of halogens is 3. The number of allylic oxidation sites excluding steroid dienone is 2. The molecule has 2 N–H and O–H groups in total. The Morgan fingerprint density at radius 2 is 1.73 bits per heavy atom. The van der Waals surface area contributed by atoms with Crippen LogP contribution in [-0.4, -0.2) is 51.7 Å². The molecule has 0 aromatic rings. The fraction of sp³-hybridized carbons (Fsp3) is 0.778. The molecule has 1 aliphatic carbocycles. The van der Waals surface area contributed by atoms with Gasteiger partial charge >= 0.3 is 6.18 Å². The van der Waals surface area contributed by atoms with E-state index in [1.54, 1.807) is 0 Å². The van der Waals surface area contributed by atoms with Crippen molar-refractivity contribution in [1.82, 2.24) is 10.2 Å². The number of piperidine rings is 1. The van der Waals surface area contributed by atoms with Crippen LogP contribution in [0.5, 0.6) is 0 Å². The van der Waals surface area contributed by atoms with Gasteiger partial charge in [-0.1, -0.05) is 12.2 Å². The second-order valence-corrected chi connectivity index (χ2v) is 7.83. The van der Waals surface area contributed by atoms with E-state index in [2.05, 4.69) is 11.4 Å². The van der Waals surface area contributed by atoms with Crippen LogP contribution in [0.1, 0.15) is 51.9 Å². The molecule has 2 amide bonds. The minimum Gasteiger partial charge on any atom is -0.373 e. The predicted octanol–water partition coefficient (Wildman–Crippen LogP) is 2.29. The smallest absolute Gasteiger partial charge is 0.373 e. The Morgan fingerprint density at radius 3 is 2.23 bits per heavy atom. The van der Waals surface area contributed by atoms with Gasteiger partial charge in [0.25, 0.3) is 5.91 Å². The summed E-state index contributed by atoms with van der Waals surface area (Å²) < 4.78 is 39.0. The molecule has 4 atom stereocenters. The third-order valence-electron chi connectivity index (χ3n) is 5.92. The molecule has 0 spiro atoms. The molecule has 8 heteroatoms. The lowest BCUT2D eigenvalue weighted by Crippen LogP contribution is -2.62. The Labute approximate surface area is 150 Å². The monoisotopic (exact) mass is 374 g/mol. The molecule has 2 bridgehead atoms. The van der Waals surface area contributed by atoms with Crippen molar-refractivity contribution >= 4 is 11.8 Å². The number of amides is 2. The molecule has 5 nitrogen and oxygen atoms in total. The van der Waals surface area contributed by atoms with Crippen LogP contribution < -0.4 is 5.32 Å². The normalized spacial score (nSPS) is 33.7. The summed E-state index contributed by atoms with van der Waals surface area (Å²) >= 11 is 0. The third-order valence-corrected chi connectivity index (χ3v) is 5.92. The molecule has 0 aromatic carbocycles. The van der Waals surface area contributed by atoms with E-state index >= 15 is 0 Å². The maximum Gasteiger partial charge on any atom is 0.426 e. The Kier molecular flexibility index (Phi) is 5.07. The number of fused-ring (bicyclic) bond motifs is 2. The lowest BCUT2D eigenvalue weighted by atomic mass is 9.91. The molecule has 3 aliphatic rings.